The Balaban J connectivity index is 2.12. The van der Waals surface area contributed by atoms with Crippen LogP contribution in [0.2, 0.25) is 0 Å². The van der Waals surface area contributed by atoms with Crippen molar-refractivity contribution in [2.24, 2.45) is 0 Å². The van der Waals surface area contributed by atoms with Crippen molar-refractivity contribution < 1.29 is 0 Å². The Morgan fingerprint density at radius 1 is 0.667 bits per heavy atom. The van der Waals surface area contributed by atoms with Gasteiger partial charge in [-0.2, -0.15) is 0 Å². The average molecular weight is 402 g/mol. The van der Waals surface area contributed by atoms with Gasteiger partial charge in [-0.25, -0.2) is 0 Å². The van der Waals surface area contributed by atoms with Gasteiger partial charge in [-0.15, -0.1) is 0 Å². The molecule has 0 aromatic heterocycles. The molecule has 0 radical (unpaired) electrons. The normalized spacial score (nSPS) is 13.1. The minimum absolute atomic E-state index is 1.19. The van der Waals surface area contributed by atoms with Crippen LogP contribution in [0.1, 0.15) is 11.1 Å². The fraction of sp³-hybridized carbons (Fsp3) is 0.143. The molecule has 0 N–H and O–H groups in total. The van der Waals surface area contributed by atoms with Crippen LogP contribution >= 0.6 is 55.4 Å². The van der Waals surface area contributed by atoms with Gasteiger partial charge >= 0.3 is 0 Å². The highest BCUT2D eigenvalue weighted by Gasteiger charge is 2.19. The molecule has 0 nitrogen and oxygen atoms in total. The van der Waals surface area contributed by atoms with Crippen LogP contribution in [0.3, 0.4) is 0 Å². The lowest BCUT2D eigenvalue weighted by Gasteiger charge is -2.20. The van der Waals surface area contributed by atoms with Crippen molar-refractivity contribution in [3.8, 4) is 0 Å². The molecule has 2 aromatic carbocycles. The van der Waals surface area contributed by atoms with Crippen molar-refractivity contribution in [1.29, 1.82) is 0 Å². The number of hydrogen-bond acceptors (Lipinski definition) is 2. The van der Waals surface area contributed by atoms with Crippen molar-refractivity contribution in [3.05, 3.63) is 44.3 Å². The predicted molar refractivity (Wildman–Crippen MR) is 86.0 cm³/mol. The van der Waals surface area contributed by atoms with Gasteiger partial charge in [-0.1, -0.05) is 55.4 Å². The Bertz CT molecular complexity index is 539. The maximum absolute atomic E-state index is 3.61. The molecule has 0 saturated heterocycles. The van der Waals surface area contributed by atoms with Crippen LogP contribution in [-0.4, -0.2) is 0 Å². The van der Waals surface area contributed by atoms with E-state index in [-0.39, 0.29) is 0 Å². The van der Waals surface area contributed by atoms with E-state index in [2.05, 4.69) is 70.0 Å². The number of halogens is 2. The summed E-state index contributed by atoms with van der Waals surface area (Å²) in [6.45, 7) is 4.27. The molecule has 0 amide bonds. The summed E-state index contributed by atoms with van der Waals surface area (Å²) in [4.78, 5) is 5.38. The van der Waals surface area contributed by atoms with Crippen LogP contribution in [0.15, 0.2) is 52.8 Å². The summed E-state index contributed by atoms with van der Waals surface area (Å²) in [6.07, 6.45) is 0. The van der Waals surface area contributed by atoms with Crippen LogP contribution in [-0.2, 0) is 0 Å². The maximum Gasteiger partial charge on any atom is 0.0273 e. The fourth-order valence-corrected chi connectivity index (χ4v) is 5.26. The molecule has 2 aromatic rings. The third-order valence-corrected chi connectivity index (χ3v) is 7.09. The Hall–Kier alpha value is 0.1000. The van der Waals surface area contributed by atoms with Gasteiger partial charge in [-0.05, 0) is 49.2 Å². The maximum atomic E-state index is 3.61. The van der Waals surface area contributed by atoms with Gasteiger partial charge in [0.25, 0.3) is 0 Å². The third kappa shape index (κ3) is 2.28. The molecule has 0 unspecified atom stereocenters. The highest BCUT2D eigenvalue weighted by atomic mass is 79.9. The molecule has 4 heteroatoms. The second-order valence-electron chi connectivity index (χ2n) is 4.30. The van der Waals surface area contributed by atoms with Crippen molar-refractivity contribution in [1.82, 2.24) is 0 Å². The van der Waals surface area contributed by atoms with Gasteiger partial charge in [0.2, 0.25) is 0 Å². The molecule has 92 valence electrons. The lowest BCUT2D eigenvalue weighted by atomic mass is 10.2. The molecule has 0 spiro atoms. The molecular formula is C14H10Br2S2. The summed E-state index contributed by atoms with van der Waals surface area (Å²) in [6, 6.07) is 8.97. The first-order valence-corrected chi connectivity index (χ1v) is 8.72. The van der Waals surface area contributed by atoms with E-state index < -0.39 is 0 Å². The Morgan fingerprint density at radius 2 is 1.00 bits per heavy atom. The largest absolute Gasteiger partial charge is 0.0877 e. The standard InChI is InChI=1S/C14H10Br2S2/c1-7-3-11-13(5-9(7)15)18-12-4-8(2)10(16)6-14(12)17-11/h3-6H,1-2H3. The Kier molecular flexibility index (Phi) is 3.56. The quantitative estimate of drug-likeness (QED) is 0.424. The lowest BCUT2D eigenvalue weighted by Crippen LogP contribution is -1.92. The number of rotatable bonds is 0. The lowest BCUT2D eigenvalue weighted by molar-refractivity contribution is 1.12. The number of fused-ring (bicyclic) bond motifs is 2. The minimum Gasteiger partial charge on any atom is -0.0877 e. The summed E-state index contributed by atoms with van der Waals surface area (Å²) in [5, 5.41) is 0. The summed E-state index contributed by atoms with van der Waals surface area (Å²) in [5.41, 5.74) is 2.58. The molecule has 18 heavy (non-hydrogen) atoms. The van der Waals surface area contributed by atoms with Crippen molar-refractivity contribution in [2.75, 3.05) is 0 Å². The van der Waals surface area contributed by atoms with Crippen LogP contribution in [0.5, 0.6) is 0 Å². The zero-order valence-electron chi connectivity index (χ0n) is 9.88. The summed E-state index contributed by atoms with van der Waals surface area (Å²) in [7, 11) is 0. The van der Waals surface area contributed by atoms with E-state index in [1.54, 1.807) is 0 Å². The van der Waals surface area contributed by atoms with Crippen molar-refractivity contribution in [3.63, 3.8) is 0 Å². The SMILES string of the molecule is Cc1cc2c(cc1Br)Sc1cc(C)c(Br)cc1S2. The highest BCUT2D eigenvalue weighted by Crippen LogP contribution is 2.50. The van der Waals surface area contributed by atoms with E-state index in [4.69, 9.17) is 0 Å². The monoisotopic (exact) mass is 400 g/mol. The van der Waals surface area contributed by atoms with E-state index >= 15 is 0 Å². The highest BCUT2D eigenvalue weighted by molar-refractivity contribution is 9.10. The van der Waals surface area contributed by atoms with Crippen LogP contribution in [0.25, 0.3) is 0 Å². The zero-order valence-corrected chi connectivity index (χ0v) is 14.7. The predicted octanol–water partition coefficient (Wildman–Crippen LogP) is 6.44. The fourth-order valence-electron chi connectivity index (χ4n) is 1.83. The second kappa shape index (κ2) is 4.89. The van der Waals surface area contributed by atoms with E-state index in [0.29, 0.717) is 0 Å². The van der Waals surface area contributed by atoms with Crippen LogP contribution in [0.4, 0.5) is 0 Å². The molecule has 0 bridgehead atoms. The van der Waals surface area contributed by atoms with Crippen molar-refractivity contribution >= 4 is 55.4 Å². The van der Waals surface area contributed by atoms with Gasteiger partial charge in [0.05, 0.1) is 0 Å². The molecule has 0 fully saturated rings. The first kappa shape index (κ1) is 13.1. The van der Waals surface area contributed by atoms with Crippen LogP contribution in [0, 0.1) is 13.8 Å². The zero-order chi connectivity index (χ0) is 12.9. The molecule has 1 aliphatic heterocycles. The second-order valence-corrected chi connectivity index (χ2v) is 8.18. The number of aryl methyl sites for hydroxylation is 2. The molecular weight excluding hydrogens is 392 g/mol. The molecule has 1 aliphatic rings. The smallest absolute Gasteiger partial charge is 0.0273 e. The molecule has 3 rings (SSSR count). The van der Waals surface area contributed by atoms with E-state index in [1.165, 1.54) is 39.7 Å². The first-order chi connectivity index (χ1) is 8.54. The summed E-state index contributed by atoms with van der Waals surface area (Å²) in [5.74, 6) is 0. The van der Waals surface area contributed by atoms with Gasteiger partial charge in [-0.3, -0.25) is 0 Å². The van der Waals surface area contributed by atoms with Crippen molar-refractivity contribution in [2.45, 2.75) is 33.4 Å². The summed E-state index contributed by atoms with van der Waals surface area (Å²) >= 11 is 10.9. The van der Waals surface area contributed by atoms with Gasteiger partial charge in [0.15, 0.2) is 0 Å². The van der Waals surface area contributed by atoms with Gasteiger partial charge < -0.3 is 0 Å². The van der Waals surface area contributed by atoms with E-state index in [9.17, 15) is 0 Å². The molecule has 1 heterocycles. The number of benzene rings is 2. The first-order valence-electron chi connectivity index (χ1n) is 5.50. The van der Waals surface area contributed by atoms with Crippen LogP contribution < -0.4 is 0 Å². The molecule has 0 atom stereocenters. The van der Waals surface area contributed by atoms with Gasteiger partial charge in [0, 0.05) is 28.5 Å². The molecule has 0 saturated carbocycles. The van der Waals surface area contributed by atoms with E-state index in [1.807, 2.05) is 23.5 Å². The number of hydrogen-bond donors (Lipinski definition) is 0. The Labute approximate surface area is 132 Å². The van der Waals surface area contributed by atoms with Gasteiger partial charge in [0.1, 0.15) is 0 Å². The average Bonchev–Trinajstić information content (AvgIpc) is 2.31. The third-order valence-electron chi connectivity index (χ3n) is 2.89. The van der Waals surface area contributed by atoms with E-state index in [0.717, 1.165) is 0 Å². The minimum atomic E-state index is 1.19. The molecule has 0 aliphatic carbocycles. The topological polar surface area (TPSA) is 0 Å². The summed E-state index contributed by atoms with van der Waals surface area (Å²) < 4.78 is 2.37. The Morgan fingerprint density at radius 3 is 1.39 bits per heavy atom.